The summed E-state index contributed by atoms with van der Waals surface area (Å²) in [7, 11) is 2.09. The minimum absolute atomic E-state index is 0. The van der Waals surface area contributed by atoms with Crippen molar-refractivity contribution in [3.63, 3.8) is 0 Å². The lowest BCUT2D eigenvalue weighted by atomic mass is 10.1. The molecular formula is C18H26Cl2N6O2S. The Morgan fingerprint density at radius 2 is 1.72 bits per heavy atom. The number of anilines is 2. The SMILES string of the molecule is CN1CCC(NC(=O)Nc2ccc(NC(=O)c3csc(CN)n3)cc2)CC1.Cl.Cl. The molecule has 0 aliphatic carbocycles. The Labute approximate surface area is 186 Å². The van der Waals surface area contributed by atoms with Crippen molar-refractivity contribution in [1.29, 1.82) is 0 Å². The number of benzene rings is 1. The molecule has 1 aromatic heterocycles. The van der Waals surface area contributed by atoms with Gasteiger partial charge < -0.3 is 26.6 Å². The van der Waals surface area contributed by atoms with Gasteiger partial charge in [0.15, 0.2) is 0 Å². The van der Waals surface area contributed by atoms with Crippen molar-refractivity contribution < 1.29 is 9.59 Å². The van der Waals surface area contributed by atoms with Gasteiger partial charge in [0.2, 0.25) is 0 Å². The number of urea groups is 1. The lowest BCUT2D eigenvalue weighted by Crippen LogP contribution is -2.44. The summed E-state index contributed by atoms with van der Waals surface area (Å²) in [5.41, 5.74) is 7.15. The third-order valence-corrected chi connectivity index (χ3v) is 5.28. The van der Waals surface area contributed by atoms with Gasteiger partial charge in [-0.25, -0.2) is 9.78 Å². The highest BCUT2D eigenvalue weighted by Crippen LogP contribution is 2.16. The number of hydrogen-bond donors (Lipinski definition) is 4. The molecule has 3 amide bonds. The normalized spacial score (nSPS) is 14.3. The first-order valence-electron chi connectivity index (χ1n) is 8.85. The van der Waals surface area contributed by atoms with E-state index in [2.05, 4.69) is 32.9 Å². The van der Waals surface area contributed by atoms with Crippen LogP contribution in [0.3, 0.4) is 0 Å². The van der Waals surface area contributed by atoms with Crippen LogP contribution in [0.15, 0.2) is 29.6 Å². The zero-order chi connectivity index (χ0) is 19.2. The number of aromatic nitrogens is 1. The number of halogens is 2. The van der Waals surface area contributed by atoms with E-state index in [1.54, 1.807) is 29.6 Å². The maximum Gasteiger partial charge on any atom is 0.319 e. The molecule has 1 fully saturated rings. The molecule has 2 aromatic rings. The van der Waals surface area contributed by atoms with Gasteiger partial charge in [-0.3, -0.25) is 4.79 Å². The third-order valence-electron chi connectivity index (χ3n) is 4.41. The van der Waals surface area contributed by atoms with Crippen molar-refractivity contribution in [1.82, 2.24) is 15.2 Å². The highest BCUT2D eigenvalue weighted by atomic mass is 35.5. The summed E-state index contributed by atoms with van der Waals surface area (Å²) in [4.78, 5) is 30.7. The fourth-order valence-corrected chi connectivity index (χ4v) is 3.50. The Morgan fingerprint density at radius 1 is 1.14 bits per heavy atom. The molecule has 0 saturated carbocycles. The number of nitrogens with one attached hydrogen (secondary N) is 3. The Bertz CT molecular complexity index is 794. The molecule has 11 heteroatoms. The van der Waals surface area contributed by atoms with Crippen LogP contribution in [0.2, 0.25) is 0 Å². The molecular weight excluding hydrogens is 435 g/mol. The zero-order valence-electron chi connectivity index (χ0n) is 16.0. The van der Waals surface area contributed by atoms with Gasteiger partial charge >= 0.3 is 6.03 Å². The second-order valence-corrected chi connectivity index (χ2v) is 7.48. The third kappa shape index (κ3) is 7.45. The molecule has 1 aliphatic rings. The van der Waals surface area contributed by atoms with Gasteiger partial charge in [0, 0.05) is 29.3 Å². The van der Waals surface area contributed by atoms with Crippen LogP contribution < -0.4 is 21.7 Å². The number of nitrogens with zero attached hydrogens (tertiary/aromatic N) is 2. The number of carbonyl (C=O) groups excluding carboxylic acids is 2. The molecule has 1 aliphatic heterocycles. The van der Waals surface area contributed by atoms with Gasteiger partial charge in [-0.2, -0.15) is 0 Å². The first-order valence-corrected chi connectivity index (χ1v) is 9.73. The lowest BCUT2D eigenvalue weighted by molar-refractivity contribution is 0.102. The standard InChI is InChI=1S/C18H24N6O2S.2ClH/c1-24-8-6-14(7-9-24)22-18(26)21-13-4-2-12(3-5-13)20-17(25)15-11-27-16(10-19)23-15;;/h2-5,11,14H,6-10,19H2,1H3,(H,20,25)(H2,21,22,26);2*1H. The number of rotatable bonds is 5. The van der Waals surface area contributed by atoms with E-state index in [1.165, 1.54) is 11.3 Å². The van der Waals surface area contributed by atoms with Crippen LogP contribution in [0.5, 0.6) is 0 Å². The number of carbonyl (C=O) groups is 2. The summed E-state index contributed by atoms with van der Waals surface area (Å²) >= 11 is 1.36. The van der Waals surface area contributed by atoms with Crippen LogP contribution in [0.1, 0.15) is 28.3 Å². The van der Waals surface area contributed by atoms with Crippen LogP contribution in [-0.2, 0) is 6.54 Å². The van der Waals surface area contributed by atoms with Crippen LogP contribution in [0, 0.1) is 0 Å². The van der Waals surface area contributed by atoms with Crippen molar-refractivity contribution in [2.75, 3.05) is 30.8 Å². The van der Waals surface area contributed by atoms with E-state index in [1.807, 2.05) is 0 Å². The van der Waals surface area contributed by atoms with Gasteiger partial charge in [0.25, 0.3) is 5.91 Å². The summed E-state index contributed by atoms with van der Waals surface area (Å²) in [5, 5.41) is 11.0. The fraction of sp³-hybridized carbons (Fsp3) is 0.389. The molecule has 0 bridgehead atoms. The van der Waals surface area contributed by atoms with Crippen LogP contribution in [0.4, 0.5) is 16.2 Å². The molecule has 2 heterocycles. The summed E-state index contributed by atoms with van der Waals surface area (Å²) in [6.45, 7) is 2.30. The lowest BCUT2D eigenvalue weighted by Gasteiger charge is -2.29. The van der Waals surface area contributed by atoms with Crippen molar-refractivity contribution in [2.45, 2.75) is 25.4 Å². The van der Waals surface area contributed by atoms with Crippen LogP contribution in [-0.4, -0.2) is 48.0 Å². The average molecular weight is 461 g/mol. The summed E-state index contributed by atoms with van der Waals surface area (Å²) < 4.78 is 0. The second-order valence-electron chi connectivity index (χ2n) is 6.54. The van der Waals surface area contributed by atoms with Gasteiger partial charge in [-0.05, 0) is 57.2 Å². The summed E-state index contributed by atoms with van der Waals surface area (Å²) in [5.74, 6) is -0.285. The molecule has 0 spiro atoms. The molecule has 29 heavy (non-hydrogen) atoms. The monoisotopic (exact) mass is 460 g/mol. The van der Waals surface area contributed by atoms with E-state index in [0.717, 1.165) is 30.9 Å². The molecule has 1 saturated heterocycles. The van der Waals surface area contributed by atoms with E-state index in [9.17, 15) is 9.59 Å². The molecule has 160 valence electrons. The minimum Gasteiger partial charge on any atom is -0.335 e. The van der Waals surface area contributed by atoms with E-state index in [0.29, 0.717) is 23.6 Å². The van der Waals surface area contributed by atoms with E-state index >= 15 is 0 Å². The topological polar surface area (TPSA) is 112 Å². The number of nitrogens with two attached hydrogens (primary N) is 1. The number of thiazole rings is 1. The number of hydrogen-bond acceptors (Lipinski definition) is 6. The van der Waals surface area contributed by atoms with Gasteiger partial charge in [0.05, 0.1) is 0 Å². The largest absolute Gasteiger partial charge is 0.335 e. The second kappa shape index (κ2) is 11.9. The minimum atomic E-state index is -0.285. The molecule has 0 unspecified atom stereocenters. The van der Waals surface area contributed by atoms with E-state index < -0.39 is 0 Å². The van der Waals surface area contributed by atoms with Gasteiger partial charge in [-0.15, -0.1) is 36.2 Å². The fourth-order valence-electron chi connectivity index (χ4n) is 2.85. The smallest absolute Gasteiger partial charge is 0.319 e. The van der Waals surface area contributed by atoms with Crippen molar-refractivity contribution in [3.8, 4) is 0 Å². The number of piperidine rings is 1. The average Bonchev–Trinajstić information content (AvgIpc) is 3.15. The molecule has 5 N–H and O–H groups in total. The van der Waals surface area contributed by atoms with Crippen LogP contribution >= 0.6 is 36.2 Å². The van der Waals surface area contributed by atoms with Crippen molar-refractivity contribution in [2.24, 2.45) is 5.73 Å². The van der Waals surface area contributed by atoms with Gasteiger partial charge in [0.1, 0.15) is 10.7 Å². The van der Waals surface area contributed by atoms with E-state index in [4.69, 9.17) is 5.73 Å². The quantitative estimate of drug-likeness (QED) is 0.547. The van der Waals surface area contributed by atoms with Crippen molar-refractivity contribution in [3.05, 3.63) is 40.3 Å². The summed E-state index contributed by atoms with van der Waals surface area (Å²) in [6, 6.07) is 6.96. The first kappa shape index (κ1) is 25.1. The highest BCUT2D eigenvalue weighted by Gasteiger charge is 2.18. The molecule has 1 aromatic carbocycles. The molecule has 0 atom stereocenters. The Balaban J connectivity index is 0.00000210. The summed E-state index contributed by atoms with van der Waals surface area (Å²) in [6.07, 6.45) is 1.91. The molecule has 3 rings (SSSR count). The Morgan fingerprint density at radius 3 is 2.28 bits per heavy atom. The highest BCUT2D eigenvalue weighted by molar-refractivity contribution is 7.09. The van der Waals surface area contributed by atoms with Gasteiger partial charge in [-0.1, -0.05) is 0 Å². The maximum absolute atomic E-state index is 12.2. The first-order chi connectivity index (χ1) is 13.0. The number of amides is 3. The van der Waals surface area contributed by atoms with E-state index in [-0.39, 0.29) is 42.8 Å². The Kier molecular flexibility index (Phi) is 10.3. The van der Waals surface area contributed by atoms with Crippen LogP contribution in [0.25, 0.3) is 0 Å². The number of likely N-dealkylation sites (tertiary alicyclic amines) is 1. The maximum atomic E-state index is 12.2. The Hall–Kier alpha value is -1.91. The predicted molar refractivity (Wildman–Crippen MR) is 122 cm³/mol. The predicted octanol–water partition coefficient (Wildman–Crippen LogP) is 2.91. The zero-order valence-corrected chi connectivity index (χ0v) is 18.5. The molecule has 8 nitrogen and oxygen atoms in total. The van der Waals surface area contributed by atoms with Crippen molar-refractivity contribution >= 4 is 59.5 Å². The molecule has 0 radical (unpaired) electrons.